The maximum absolute atomic E-state index is 12.0. The van der Waals surface area contributed by atoms with E-state index in [1.807, 2.05) is 32.9 Å². The van der Waals surface area contributed by atoms with E-state index in [1.165, 1.54) is 19.3 Å². The van der Waals surface area contributed by atoms with Crippen LogP contribution in [-0.4, -0.2) is 29.3 Å². The number of halogens is 1. The van der Waals surface area contributed by atoms with Crippen LogP contribution in [0.5, 0.6) is 0 Å². The second-order valence-electron chi connectivity index (χ2n) is 7.60. The number of hydrogen-bond donors (Lipinski definition) is 2. The predicted molar refractivity (Wildman–Crippen MR) is 116 cm³/mol. The van der Waals surface area contributed by atoms with Crippen LogP contribution in [0, 0.1) is 20.8 Å². The number of carbonyl (C=O) groups is 1. The highest BCUT2D eigenvalue weighted by molar-refractivity contribution is 6.31. The van der Waals surface area contributed by atoms with Crippen molar-refractivity contribution in [2.24, 2.45) is 5.10 Å². The van der Waals surface area contributed by atoms with Gasteiger partial charge in [0.25, 0.3) is 5.91 Å². The van der Waals surface area contributed by atoms with Crippen molar-refractivity contribution in [2.75, 3.05) is 6.54 Å². The van der Waals surface area contributed by atoms with Gasteiger partial charge in [0.05, 0.1) is 12.8 Å². The average molecular weight is 401 g/mol. The molecule has 0 aliphatic heterocycles. The van der Waals surface area contributed by atoms with Crippen molar-refractivity contribution in [3.63, 3.8) is 0 Å². The Hall–Kier alpha value is -2.11. The van der Waals surface area contributed by atoms with Crippen LogP contribution in [0.15, 0.2) is 29.4 Å². The lowest BCUT2D eigenvalue weighted by molar-refractivity contribution is -0.120. The number of nitrogens with one attached hydrogen (secondary N) is 2. The van der Waals surface area contributed by atoms with Gasteiger partial charge in [-0.05, 0) is 57.4 Å². The number of carbonyl (C=O) groups excluding carboxylic acids is 1. The first-order chi connectivity index (χ1) is 13.5. The summed E-state index contributed by atoms with van der Waals surface area (Å²) >= 11 is 6.29. The highest BCUT2D eigenvalue weighted by Gasteiger charge is 2.14. The van der Waals surface area contributed by atoms with E-state index < -0.39 is 0 Å². The minimum absolute atomic E-state index is 0.110. The Balaban J connectivity index is 1.61. The van der Waals surface area contributed by atoms with Crippen LogP contribution in [0.1, 0.15) is 54.6 Å². The molecular weight excluding hydrogens is 372 g/mol. The Morgan fingerprint density at radius 3 is 2.68 bits per heavy atom. The number of hydrogen-bond acceptors (Lipinski definition) is 3. The third kappa shape index (κ3) is 5.03. The summed E-state index contributed by atoms with van der Waals surface area (Å²) in [6.07, 6.45) is 7.82. The molecule has 28 heavy (non-hydrogen) atoms. The fourth-order valence-corrected chi connectivity index (χ4v) is 3.97. The molecule has 1 aliphatic rings. The van der Waals surface area contributed by atoms with Crippen LogP contribution in [0.25, 0.3) is 5.69 Å². The Labute approximate surface area is 172 Å². The summed E-state index contributed by atoms with van der Waals surface area (Å²) < 4.78 is 2.14. The van der Waals surface area contributed by atoms with E-state index in [0.29, 0.717) is 12.6 Å². The molecule has 2 aromatic rings. The molecule has 1 heterocycles. The zero-order valence-electron chi connectivity index (χ0n) is 16.9. The summed E-state index contributed by atoms with van der Waals surface area (Å²) in [5.74, 6) is -0.110. The number of aromatic nitrogens is 1. The van der Waals surface area contributed by atoms with Crippen molar-refractivity contribution in [3.8, 4) is 5.69 Å². The van der Waals surface area contributed by atoms with E-state index in [4.69, 9.17) is 11.6 Å². The normalized spacial score (nSPS) is 15.3. The van der Waals surface area contributed by atoms with Crippen LogP contribution >= 0.6 is 11.6 Å². The summed E-state index contributed by atoms with van der Waals surface area (Å²) in [5.41, 5.74) is 7.80. The van der Waals surface area contributed by atoms with Gasteiger partial charge in [-0.2, -0.15) is 5.10 Å². The zero-order chi connectivity index (χ0) is 20.1. The summed E-state index contributed by atoms with van der Waals surface area (Å²) in [7, 11) is 0. The largest absolute Gasteiger partial charge is 0.318 e. The van der Waals surface area contributed by atoms with Gasteiger partial charge in [0, 0.05) is 33.7 Å². The van der Waals surface area contributed by atoms with Gasteiger partial charge in [-0.1, -0.05) is 36.9 Å². The number of hydrazone groups is 1. The van der Waals surface area contributed by atoms with Crippen molar-refractivity contribution in [3.05, 3.63) is 51.8 Å². The minimum Gasteiger partial charge on any atom is -0.318 e. The third-order valence-electron chi connectivity index (χ3n) is 5.43. The minimum atomic E-state index is -0.110. The second kappa shape index (κ2) is 9.39. The Bertz CT molecular complexity index is 866. The van der Waals surface area contributed by atoms with E-state index in [1.54, 1.807) is 6.21 Å². The number of benzene rings is 1. The lowest BCUT2D eigenvalue weighted by Crippen LogP contribution is -2.38. The van der Waals surface area contributed by atoms with Crippen LogP contribution < -0.4 is 10.7 Å². The highest BCUT2D eigenvalue weighted by Crippen LogP contribution is 2.24. The Kier molecular flexibility index (Phi) is 6.92. The van der Waals surface area contributed by atoms with E-state index in [9.17, 15) is 4.79 Å². The molecule has 1 aliphatic carbocycles. The van der Waals surface area contributed by atoms with Crippen molar-refractivity contribution in [2.45, 2.75) is 58.9 Å². The van der Waals surface area contributed by atoms with Crippen molar-refractivity contribution < 1.29 is 4.79 Å². The third-order valence-corrected chi connectivity index (χ3v) is 5.84. The summed E-state index contributed by atoms with van der Waals surface area (Å²) in [6, 6.07) is 8.56. The van der Waals surface area contributed by atoms with Gasteiger partial charge < -0.3 is 9.88 Å². The lowest BCUT2D eigenvalue weighted by atomic mass is 9.95. The van der Waals surface area contributed by atoms with E-state index in [0.717, 1.165) is 46.1 Å². The smallest absolute Gasteiger partial charge is 0.254 e. The first-order valence-corrected chi connectivity index (χ1v) is 10.3. The second-order valence-corrected chi connectivity index (χ2v) is 8.01. The maximum Gasteiger partial charge on any atom is 0.254 e. The van der Waals surface area contributed by atoms with Gasteiger partial charge in [0.15, 0.2) is 0 Å². The number of rotatable bonds is 6. The number of nitrogens with zero attached hydrogens (tertiary/aromatic N) is 2. The van der Waals surface area contributed by atoms with Gasteiger partial charge >= 0.3 is 0 Å². The van der Waals surface area contributed by atoms with Crippen LogP contribution in [0.2, 0.25) is 5.02 Å². The zero-order valence-corrected chi connectivity index (χ0v) is 17.6. The maximum atomic E-state index is 12.0. The summed E-state index contributed by atoms with van der Waals surface area (Å²) in [6.45, 7) is 6.38. The topological polar surface area (TPSA) is 58.4 Å². The van der Waals surface area contributed by atoms with Crippen LogP contribution in [0.4, 0.5) is 0 Å². The van der Waals surface area contributed by atoms with Crippen molar-refractivity contribution >= 4 is 23.7 Å². The SMILES string of the molecule is Cc1ccc(-n2c(C)cc(/C=N\NC(=O)CNC3CCCCC3)c2C)cc1Cl. The number of aryl methyl sites for hydroxylation is 2. The van der Waals surface area contributed by atoms with Crippen LogP contribution in [0.3, 0.4) is 0 Å². The van der Waals surface area contributed by atoms with Gasteiger partial charge in [0.1, 0.15) is 0 Å². The monoisotopic (exact) mass is 400 g/mol. The fourth-order valence-electron chi connectivity index (χ4n) is 3.79. The molecule has 1 amide bonds. The molecule has 0 saturated heterocycles. The Morgan fingerprint density at radius 1 is 1.21 bits per heavy atom. The van der Waals surface area contributed by atoms with Crippen LogP contribution in [-0.2, 0) is 4.79 Å². The van der Waals surface area contributed by atoms with Gasteiger partial charge in [-0.3, -0.25) is 4.79 Å². The molecule has 0 unspecified atom stereocenters. The standard InChI is InChI=1S/C22H29ClN4O/c1-15-9-10-20(12-21(15)23)27-16(2)11-18(17(27)3)13-25-26-22(28)14-24-19-7-5-4-6-8-19/h9-13,19,24H,4-8,14H2,1-3H3,(H,26,28)/b25-13-. The molecule has 1 aromatic carbocycles. The molecule has 1 fully saturated rings. The van der Waals surface area contributed by atoms with Crippen molar-refractivity contribution in [1.29, 1.82) is 0 Å². The van der Waals surface area contributed by atoms with Gasteiger partial charge in [-0.15, -0.1) is 0 Å². The molecule has 0 atom stereocenters. The number of amides is 1. The molecule has 1 aromatic heterocycles. The molecule has 2 N–H and O–H groups in total. The molecule has 0 bridgehead atoms. The molecule has 150 valence electrons. The highest BCUT2D eigenvalue weighted by atomic mass is 35.5. The molecule has 5 nitrogen and oxygen atoms in total. The van der Waals surface area contributed by atoms with Gasteiger partial charge in [-0.25, -0.2) is 5.43 Å². The average Bonchev–Trinajstić information content (AvgIpc) is 2.97. The predicted octanol–water partition coefficient (Wildman–Crippen LogP) is 4.43. The molecule has 0 radical (unpaired) electrons. The van der Waals surface area contributed by atoms with E-state index in [-0.39, 0.29) is 5.91 Å². The van der Waals surface area contributed by atoms with E-state index >= 15 is 0 Å². The Morgan fingerprint density at radius 2 is 1.96 bits per heavy atom. The summed E-state index contributed by atoms with van der Waals surface area (Å²) in [4.78, 5) is 12.0. The molecule has 6 heteroatoms. The molecule has 3 rings (SSSR count). The van der Waals surface area contributed by atoms with Gasteiger partial charge in [0.2, 0.25) is 0 Å². The fraction of sp³-hybridized carbons (Fsp3) is 0.455. The van der Waals surface area contributed by atoms with E-state index in [2.05, 4.69) is 32.5 Å². The molecule has 0 spiro atoms. The van der Waals surface area contributed by atoms with Crippen molar-refractivity contribution in [1.82, 2.24) is 15.3 Å². The first-order valence-electron chi connectivity index (χ1n) is 9.96. The molecule has 1 saturated carbocycles. The first kappa shape index (κ1) is 20.6. The summed E-state index contributed by atoms with van der Waals surface area (Å²) in [5, 5.41) is 8.21. The lowest BCUT2D eigenvalue weighted by Gasteiger charge is -2.22. The molecular formula is C22H29ClN4O. The quantitative estimate of drug-likeness (QED) is 0.556.